The highest BCUT2D eigenvalue weighted by Crippen LogP contribution is 2.33. The zero-order chi connectivity index (χ0) is 24.2. The minimum Gasteiger partial charge on any atom is -0.395 e. The van der Waals surface area contributed by atoms with Crippen LogP contribution >= 0.6 is 34.5 Å². The molecule has 1 saturated carbocycles. The number of nitrogen functional groups attached to an aromatic ring is 1. The quantitative estimate of drug-likeness (QED) is 0.416. The summed E-state index contributed by atoms with van der Waals surface area (Å²) in [6.45, 7) is 0.0579. The van der Waals surface area contributed by atoms with E-state index in [4.69, 9.17) is 23.1 Å². The molecular weight excluding hydrogens is 494 g/mol. The fourth-order valence-corrected chi connectivity index (χ4v) is 5.86. The number of anilines is 1. The summed E-state index contributed by atoms with van der Waals surface area (Å²) < 4.78 is 3.96. The first-order valence-electron chi connectivity index (χ1n) is 10.8. The van der Waals surface area contributed by atoms with Gasteiger partial charge in [-0.25, -0.2) is 0 Å². The summed E-state index contributed by atoms with van der Waals surface area (Å²) in [6.07, 6.45) is 3.94. The summed E-state index contributed by atoms with van der Waals surface area (Å²) in [6, 6.07) is 9.95. The lowest BCUT2D eigenvalue weighted by molar-refractivity contribution is -0.126. The Morgan fingerprint density at radius 1 is 1.18 bits per heavy atom. The molecule has 2 aromatic heterocycles. The van der Waals surface area contributed by atoms with Gasteiger partial charge in [-0.15, -0.1) is 11.3 Å². The van der Waals surface area contributed by atoms with Gasteiger partial charge in [0.15, 0.2) is 5.69 Å². The number of hydrogen-bond acceptors (Lipinski definition) is 7. The highest BCUT2D eigenvalue weighted by Gasteiger charge is 2.36. The Balaban J connectivity index is 1.77. The van der Waals surface area contributed by atoms with E-state index in [0.717, 1.165) is 37.2 Å². The maximum absolute atomic E-state index is 13.8. The van der Waals surface area contributed by atoms with Crippen LogP contribution in [-0.4, -0.2) is 33.0 Å². The van der Waals surface area contributed by atoms with Crippen LogP contribution in [0.2, 0.25) is 5.02 Å². The number of hydrogen-bond donors (Lipinski definition) is 3. The highest BCUT2D eigenvalue weighted by molar-refractivity contribution is 7.10. The molecule has 0 aliphatic heterocycles. The summed E-state index contributed by atoms with van der Waals surface area (Å²) in [7, 11) is 0. The van der Waals surface area contributed by atoms with Gasteiger partial charge in [0.25, 0.3) is 11.8 Å². The van der Waals surface area contributed by atoms with Crippen molar-refractivity contribution in [1.29, 1.82) is 0 Å². The second kappa shape index (κ2) is 10.5. The van der Waals surface area contributed by atoms with Crippen molar-refractivity contribution in [2.45, 2.75) is 44.3 Å². The Labute approximate surface area is 210 Å². The van der Waals surface area contributed by atoms with E-state index in [-0.39, 0.29) is 34.8 Å². The monoisotopic (exact) mass is 517 g/mol. The second-order valence-corrected chi connectivity index (χ2v) is 10.2. The fraction of sp³-hybridized carbons (Fsp3) is 0.304. The van der Waals surface area contributed by atoms with E-state index in [9.17, 15) is 14.4 Å². The lowest BCUT2D eigenvalue weighted by Gasteiger charge is -2.31. The van der Waals surface area contributed by atoms with E-state index < -0.39 is 17.9 Å². The van der Waals surface area contributed by atoms with Crippen LogP contribution in [-0.2, 0) is 11.3 Å². The summed E-state index contributed by atoms with van der Waals surface area (Å²) in [5.74, 6) is -1.62. The molecule has 2 heterocycles. The molecule has 1 unspecified atom stereocenters. The van der Waals surface area contributed by atoms with Crippen molar-refractivity contribution in [2.75, 3.05) is 5.73 Å². The van der Waals surface area contributed by atoms with Gasteiger partial charge in [-0.05, 0) is 47.5 Å². The van der Waals surface area contributed by atoms with Crippen LogP contribution < -0.4 is 16.8 Å². The number of thiophene rings is 1. The third-order valence-corrected chi connectivity index (χ3v) is 7.93. The van der Waals surface area contributed by atoms with Crippen LogP contribution in [0.1, 0.15) is 62.3 Å². The summed E-state index contributed by atoms with van der Waals surface area (Å²) in [5, 5.41) is 5.44. The molecule has 4 rings (SSSR count). The minimum absolute atomic E-state index is 0.0519. The molecule has 0 radical (unpaired) electrons. The SMILES string of the molecule is NC(=O)c1nsc(C(=O)N(Cc2ccccc2Cl)C(C(=O)NC2CCCC2)c2cccs2)c1N. The maximum atomic E-state index is 13.8. The number of nitrogens with one attached hydrogen (secondary N) is 1. The molecule has 3 amide bonds. The van der Waals surface area contributed by atoms with E-state index in [2.05, 4.69) is 9.69 Å². The van der Waals surface area contributed by atoms with Crippen molar-refractivity contribution < 1.29 is 14.4 Å². The largest absolute Gasteiger partial charge is 0.395 e. The molecule has 1 aromatic carbocycles. The van der Waals surface area contributed by atoms with Gasteiger partial charge in [-0.1, -0.05) is 48.7 Å². The van der Waals surface area contributed by atoms with E-state index in [0.29, 0.717) is 15.5 Å². The van der Waals surface area contributed by atoms with Crippen LogP contribution in [0, 0.1) is 0 Å². The number of nitrogens with two attached hydrogens (primary N) is 2. The summed E-state index contributed by atoms with van der Waals surface area (Å²) >= 11 is 8.58. The zero-order valence-corrected chi connectivity index (χ0v) is 20.6. The Bertz CT molecular complexity index is 1190. The fourth-order valence-electron chi connectivity index (χ4n) is 4.07. The van der Waals surface area contributed by atoms with Crippen LogP contribution in [0.4, 0.5) is 5.69 Å². The van der Waals surface area contributed by atoms with Gasteiger partial charge in [0, 0.05) is 22.5 Å². The average molecular weight is 518 g/mol. The van der Waals surface area contributed by atoms with Crippen molar-refractivity contribution in [3.63, 3.8) is 0 Å². The number of halogens is 1. The highest BCUT2D eigenvalue weighted by atomic mass is 35.5. The molecule has 8 nitrogen and oxygen atoms in total. The normalized spacial score (nSPS) is 14.6. The maximum Gasteiger partial charge on any atom is 0.270 e. The third kappa shape index (κ3) is 5.08. The summed E-state index contributed by atoms with van der Waals surface area (Å²) in [5.41, 5.74) is 11.8. The van der Waals surface area contributed by atoms with E-state index in [1.54, 1.807) is 18.2 Å². The predicted molar refractivity (Wildman–Crippen MR) is 134 cm³/mol. The molecule has 0 saturated heterocycles. The Hall–Kier alpha value is -2.95. The first kappa shape index (κ1) is 24.2. The van der Waals surface area contributed by atoms with E-state index in [1.807, 2.05) is 23.6 Å². The van der Waals surface area contributed by atoms with Gasteiger partial charge >= 0.3 is 0 Å². The van der Waals surface area contributed by atoms with Crippen LogP contribution in [0.3, 0.4) is 0 Å². The lowest BCUT2D eigenvalue weighted by atomic mass is 10.1. The number of amides is 3. The molecule has 0 bridgehead atoms. The standard InChI is InChI=1S/C23H24ClN5O3S2/c24-15-9-4-1-6-13(15)12-29(23(32)20-17(25)18(21(26)30)28-34-20)19(16-10-5-11-33-16)22(31)27-14-7-2-3-8-14/h1,4-6,9-11,14,19H,2-3,7-8,12,25H2,(H2,26,30)(H,27,31). The Morgan fingerprint density at radius 3 is 2.53 bits per heavy atom. The molecule has 1 aliphatic carbocycles. The topological polar surface area (TPSA) is 131 Å². The third-order valence-electron chi connectivity index (χ3n) is 5.79. The number of aromatic nitrogens is 1. The van der Waals surface area contributed by atoms with Crippen LogP contribution in [0.25, 0.3) is 0 Å². The van der Waals surface area contributed by atoms with Crippen molar-refractivity contribution in [3.8, 4) is 0 Å². The average Bonchev–Trinajstić information content (AvgIpc) is 3.57. The lowest BCUT2D eigenvalue weighted by Crippen LogP contribution is -2.45. The predicted octanol–water partition coefficient (Wildman–Crippen LogP) is 3.98. The molecule has 1 aliphatic rings. The van der Waals surface area contributed by atoms with Crippen molar-refractivity contribution >= 4 is 57.9 Å². The molecule has 178 valence electrons. The van der Waals surface area contributed by atoms with Crippen LogP contribution in [0.5, 0.6) is 0 Å². The minimum atomic E-state index is -0.914. The number of rotatable bonds is 8. The van der Waals surface area contributed by atoms with Gasteiger partial charge in [0.1, 0.15) is 10.9 Å². The summed E-state index contributed by atoms with van der Waals surface area (Å²) in [4.78, 5) is 41.3. The van der Waals surface area contributed by atoms with Crippen molar-refractivity contribution in [2.24, 2.45) is 5.73 Å². The van der Waals surface area contributed by atoms with Gasteiger partial charge in [-0.2, -0.15) is 4.37 Å². The molecule has 1 atom stereocenters. The Kier molecular flexibility index (Phi) is 7.50. The molecular formula is C23H24ClN5O3S2. The molecule has 34 heavy (non-hydrogen) atoms. The number of carbonyl (C=O) groups is 3. The zero-order valence-electron chi connectivity index (χ0n) is 18.2. The smallest absolute Gasteiger partial charge is 0.270 e. The van der Waals surface area contributed by atoms with Crippen LogP contribution in [0.15, 0.2) is 41.8 Å². The Morgan fingerprint density at radius 2 is 1.91 bits per heavy atom. The number of nitrogens with zero attached hydrogens (tertiary/aromatic N) is 2. The molecule has 1 fully saturated rings. The molecule has 11 heteroatoms. The molecule has 5 N–H and O–H groups in total. The number of benzene rings is 1. The number of carbonyl (C=O) groups excluding carboxylic acids is 3. The van der Waals surface area contributed by atoms with E-state index >= 15 is 0 Å². The van der Waals surface area contributed by atoms with Gasteiger partial charge in [-0.3, -0.25) is 14.4 Å². The van der Waals surface area contributed by atoms with Gasteiger partial charge in [0.05, 0.1) is 5.69 Å². The van der Waals surface area contributed by atoms with Gasteiger partial charge in [0.2, 0.25) is 5.91 Å². The van der Waals surface area contributed by atoms with Crippen molar-refractivity contribution in [3.05, 3.63) is 67.8 Å². The number of primary amides is 1. The first-order chi connectivity index (χ1) is 16.4. The first-order valence-corrected chi connectivity index (χ1v) is 12.8. The van der Waals surface area contributed by atoms with Gasteiger partial charge < -0.3 is 21.7 Å². The molecule has 0 spiro atoms. The van der Waals surface area contributed by atoms with Crippen molar-refractivity contribution in [1.82, 2.24) is 14.6 Å². The molecule has 3 aromatic rings. The second-order valence-electron chi connectivity index (χ2n) is 8.07. The van der Waals surface area contributed by atoms with E-state index in [1.165, 1.54) is 16.2 Å².